The molecule has 0 bridgehead atoms. The van der Waals surface area contributed by atoms with Crippen LogP contribution in [-0.2, 0) is 17.9 Å². The number of hydrogen-bond donors (Lipinski definition) is 1. The second kappa shape index (κ2) is 11.4. The molecular weight excluding hydrogens is 388 g/mol. The summed E-state index contributed by atoms with van der Waals surface area (Å²) < 4.78 is 16.9. The molecule has 1 N–H and O–H groups in total. The van der Waals surface area contributed by atoms with Gasteiger partial charge in [0.2, 0.25) is 0 Å². The molecule has 0 aromatic heterocycles. The van der Waals surface area contributed by atoms with Crippen LogP contribution >= 0.6 is 11.6 Å². The summed E-state index contributed by atoms with van der Waals surface area (Å²) >= 11 is 6.50. The number of methoxy groups -OCH3 is 1. The van der Waals surface area contributed by atoms with Crippen molar-refractivity contribution in [3.05, 3.63) is 58.1 Å². The molecule has 0 aliphatic carbocycles. The maximum absolute atomic E-state index is 6.50. The molecule has 0 radical (unpaired) electrons. The first kappa shape index (κ1) is 21.9. The number of aryl methyl sites for hydroxylation is 1. The lowest BCUT2D eigenvalue weighted by Crippen LogP contribution is -2.37. The summed E-state index contributed by atoms with van der Waals surface area (Å²) in [6, 6.07) is 12.2. The molecule has 3 rings (SSSR count). The van der Waals surface area contributed by atoms with E-state index in [9.17, 15) is 0 Å². The topological polar surface area (TPSA) is 43.0 Å². The van der Waals surface area contributed by atoms with E-state index in [-0.39, 0.29) is 0 Å². The van der Waals surface area contributed by atoms with Crippen molar-refractivity contribution in [1.82, 2.24) is 10.2 Å². The molecule has 2 aromatic carbocycles. The van der Waals surface area contributed by atoms with Crippen LogP contribution in [0.1, 0.15) is 23.1 Å². The monoisotopic (exact) mass is 418 g/mol. The summed E-state index contributed by atoms with van der Waals surface area (Å²) in [6.45, 7) is 9.11. The van der Waals surface area contributed by atoms with Gasteiger partial charge in [0.05, 0.1) is 25.3 Å². The molecule has 158 valence electrons. The van der Waals surface area contributed by atoms with Crippen LogP contribution in [-0.4, -0.2) is 51.4 Å². The Morgan fingerprint density at radius 2 is 1.86 bits per heavy atom. The minimum absolute atomic E-state index is 0.454. The summed E-state index contributed by atoms with van der Waals surface area (Å²) in [4.78, 5) is 2.45. The predicted molar refractivity (Wildman–Crippen MR) is 117 cm³/mol. The third-order valence-corrected chi connectivity index (χ3v) is 5.33. The van der Waals surface area contributed by atoms with Crippen molar-refractivity contribution in [2.45, 2.75) is 26.5 Å². The molecule has 0 saturated carbocycles. The Bertz CT molecular complexity index is 761. The van der Waals surface area contributed by atoms with E-state index in [2.05, 4.69) is 41.4 Å². The lowest BCUT2D eigenvalue weighted by molar-refractivity contribution is 0.0374. The first-order valence-corrected chi connectivity index (χ1v) is 10.6. The standard InChI is InChI=1S/C23H31ClN2O3/c1-18-4-6-19(7-5-18)17-29-23-21(24)14-20(15-22(23)27-2)16-25-8-3-9-26-10-12-28-13-11-26/h4-7,14-15,25H,3,8-13,16-17H2,1-2H3. The van der Waals surface area contributed by atoms with Gasteiger partial charge in [-0.25, -0.2) is 0 Å². The van der Waals surface area contributed by atoms with Crippen molar-refractivity contribution < 1.29 is 14.2 Å². The lowest BCUT2D eigenvalue weighted by Gasteiger charge is -2.26. The van der Waals surface area contributed by atoms with Crippen LogP contribution in [0.2, 0.25) is 5.02 Å². The minimum Gasteiger partial charge on any atom is -0.493 e. The number of nitrogens with one attached hydrogen (secondary N) is 1. The Hall–Kier alpha value is -1.79. The molecule has 6 heteroatoms. The fourth-order valence-corrected chi connectivity index (χ4v) is 3.63. The number of benzene rings is 2. The van der Waals surface area contributed by atoms with Crippen LogP contribution in [0.25, 0.3) is 0 Å². The first-order valence-electron chi connectivity index (χ1n) is 10.2. The van der Waals surface area contributed by atoms with Crippen LogP contribution in [0.15, 0.2) is 36.4 Å². The van der Waals surface area contributed by atoms with Crippen LogP contribution in [0.5, 0.6) is 11.5 Å². The van der Waals surface area contributed by atoms with E-state index in [1.165, 1.54) is 5.56 Å². The molecule has 1 aliphatic heterocycles. The second-order valence-electron chi connectivity index (χ2n) is 7.37. The van der Waals surface area contributed by atoms with E-state index in [0.29, 0.717) is 23.1 Å². The van der Waals surface area contributed by atoms with E-state index in [4.69, 9.17) is 25.8 Å². The van der Waals surface area contributed by atoms with Crippen molar-refractivity contribution in [3.63, 3.8) is 0 Å². The fourth-order valence-electron chi connectivity index (χ4n) is 3.34. The van der Waals surface area contributed by atoms with Crippen LogP contribution in [0.3, 0.4) is 0 Å². The van der Waals surface area contributed by atoms with E-state index in [1.54, 1.807) is 7.11 Å². The van der Waals surface area contributed by atoms with Crippen LogP contribution in [0, 0.1) is 6.92 Å². The van der Waals surface area contributed by atoms with E-state index in [0.717, 1.165) is 63.5 Å². The predicted octanol–water partition coefficient (Wildman–Crippen LogP) is 4.05. The van der Waals surface area contributed by atoms with E-state index < -0.39 is 0 Å². The number of ether oxygens (including phenoxy) is 3. The molecule has 5 nitrogen and oxygen atoms in total. The zero-order valence-corrected chi connectivity index (χ0v) is 18.1. The SMILES string of the molecule is COc1cc(CNCCCN2CCOCC2)cc(Cl)c1OCc1ccc(C)cc1. The summed E-state index contributed by atoms with van der Waals surface area (Å²) in [5.74, 6) is 1.25. The average Bonchev–Trinajstić information content (AvgIpc) is 2.74. The van der Waals surface area contributed by atoms with Gasteiger partial charge < -0.3 is 19.5 Å². The molecular formula is C23H31ClN2O3. The summed E-state index contributed by atoms with van der Waals surface area (Å²) in [5, 5.41) is 4.06. The van der Waals surface area contributed by atoms with Crippen molar-refractivity contribution in [3.8, 4) is 11.5 Å². The highest BCUT2D eigenvalue weighted by atomic mass is 35.5. The highest BCUT2D eigenvalue weighted by Gasteiger charge is 2.13. The molecule has 1 heterocycles. The molecule has 1 saturated heterocycles. The van der Waals surface area contributed by atoms with Gasteiger partial charge in [-0.15, -0.1) is 0 Å². The Labute approximate surface area is 178 Å². The number of rotatable bonds is 10. The van der Waals surface area contributed by atoms with Crippen molar-refractivity contribution >= 4 is 11.6 Å². The molecule has 0 unspecified atom stereocenters. The Kier molecular flexibility index (Phi) is 8.62. The van der Waals surface area contributed by atoms with Gasteiger partial charge in [0, 0.05) is 19.6 Å². The van der Waals surface area contributed by atoms with Gasteiger partial charge >= 0.3 is 0 Å². The maximum Gasteiger partial charge on any atom is 0.180 e. The third kappa shape index (κ3) is 6.89. The largest absolute Gasteiger partial charge is 0.493 e. The average molecular weight is 419 g/mol. The molecule has 0 spiro atoms. The zero-order chi connectivity index (χ0) is 20.5. The normalized spacial score (nSPS) is 14.7. The van der Waals surface area contributed by atoms with Crippen LogP contribution < -0.4 is 14.8 Å². The van der Waals surface area contributed by atoms with Gasteiger partial charge in [0.15, 0.2) is 11.5 Å². The van der Waals surface area contributed by atoms with Gasteiger partial charge in [-0.2, -0.15) is 0 Å². The summed E-state index contributed by atoms with van der Waals surface area (Å²) in [6.07, 6.45) is 1.11. The second-order valence-corrected chi connectivity index (χ2v) is 7.77. The van der Waals surface area contributed by atoms with Gasteiger partial charge in [-0.1, -0.05) is 41.4 Å². The van der Waals surface area contributed by atoms with E-state index in [1.807, 2.05) is 12.1 Å². The Morgan fingerprint density at radius 3 is 2.59 bits per heavy atom. The minimum atomic E-state index is 0.454. The molecule has 1 fully saturated rings. The number of halogens is 1. The van der Waals surface area contributed by atoms with Gasteiger partial charge in [0.25, 0.3) is 0 Å². The quantitative estimate of drug-likeness (QED) is 0.589. The fraction of sp³-hybridized carbons (Fsp3) is 0.478. The zero-order valence-electron chi connectivity index (χ0n) is 17.4. The first-order chi connectivity index (χ1) is 14.2. The smallest absolute Gasteiger partial charge is 0.180 e. The molecule has 29 heavy (non-hydrogen) atoms. The summed E-state index contributed by atoms with van der Waals surface area (Å²) in [7, 11) is 1.64. The Balaban J connectivity index is 1.48. The molecule has 1 aliphatic rings. The molecule has 0 amide bonds. The van der Waals surface area contributed by atoms with Crippen LogP contribution in [0.4, 0.5) is 0 Å². The number of morpholine rings is 1. The third-order valence-electron chi connectivity index (χ3n) is 5.05. The number of nitrogens with zero attached hydrogens (tertiary/aromatic N) is 1. The number of hydrogen-bond acceptors (Lipinski definition) is 5. The van der Waals surface area contributed by atoms with Crippen molar-refractivity contribution in [1.29, 1.82) is 0 Å². The maximum atomic E-state index is 6.50. The van der Waals surface area contributed by atoms with Gasteiger partial charge in [-0.05, 0) is 49.7 Å². The van der Waals surface area contributed by atoms with Gasteiger partial charge in [-0.3, -0.25) is 4.90 Å². The highest BCUT2D eigenvalue weighted by Crippen LogP contribution is 2.37. The van der Waals surface area contributed by atoms with Gasteiger partial charge in [0.1, 0.15) is 6.61 Å². The highest BCUT2D eigenvalue weighted by molar-refractivity contribution is 6.32. The molecule has 0 atom stereocenters. The molecule has 2 aromatic rings. The van der Waals surface area contributed by atoms with Crippen molar-refractivity contribution in [2.75, 3.05) is 46.5 Å². The lowest BCUT2D eigenvalue weighted by atomic mass is 10.1. The van der Waals surface area contributed by atoms with Crippen molar-refractivity contribution in [2.24, 2.45) is 0 Å². The van der Waals surface area contributed by atoms with E-state index >= 15 is 0 Å². The summed E-state index contributed by atoms with van der Waals surface area (Å²) in [5.41, 5.74) is 3.41. The Morgan fingerprint density at radius 1 is 1.10 bits per heavy atom.